The number of methoxy groups -OCH3 is 2. The Kier molecular flexibility index (Phi) is 12.1. The summed E-state index contributed by atoms with van der Waals surface area (Å²) in [5, 5.41) is 13.1. The standard InChI is InChI=1S/C25H31N3O6S.C9H15N3O4S/c1-5-34-25(17-33-18-25)23-14-24(26-27(23)2)35(29,30)28(15-19-6-10-21(31-3)11-7-19)16-20-8-12-22(32-4)13-9-20;1-3-16-9(5-15-6-9)7-4-8(11-12(7)2)17(10,13)14/h6-14H,5,15-18H2,1-4H3;4H,3,5-6H2,1-2H3,(H2,10,13,14). The molecule has 2 aromatic heterocycles. The molecule has 0 amide bonds. The van der Waals surface area contributed by atoms with Gasteiger partial charge >= 0.3 is 0 Å². The number of rotatable bonds is 15. The third-order valence-electron chi connectivity index (χ3n) is 8.76. The summed E-state index contributed by atoms with van der Waals surface area (Å²) in [5.74, 6) is 1.41. The number of sulfonamides is 2. The molecular weight excluding hydrogens is 717 g/mol. The molecule has 2 fully saturated rings. The Labute approximate surface area is 304 Å². The molecule has 18 heteroatoms. The second-order valence-corrected chi connectivity index (χ2v) is 15.7. The van der Waals surface area contributed by atoms with Crippen LogP contribution in [0.25, 0.3) is 0 Å². The van der Waals surface area contributed by atoms with Crippen LogP contribution in [0.5, 0.6) is 11.5 Å². The van der Waals surface area contributed by atoms with Gasteiger partial charge in [0.1, 0.15) is 11.5 Å². The number of ether oxygens (including phenoxy) is 6. The highest BCUT2D eigenvalue weighted by molar-refractivity contribution is 7.89. The molecule has 2 aliphatic heterocycles. The van der Waals surface area contributed by atoms with Crippen molar-refractivity contribution < 1.29 is 45.3 Å². The molecule has 0 saturated carbocycles. The van der Waals surface area contributed by atoms with Crippen LogP contribution in [0.3, 0.4) is 0 Å². The van der Waals surface area contributed by atoms with Gasteiger partial charge in [-0.2, -0.15) is 14.5 Å². The Morgan fingerprint density at radius 3 is 1.40 bits per heavy atom. The molecule has 16 nitrogen and oxygen atoms in total. The topological polar surface area (TPSA) is 189 Å². The zero-order valence-electron chi connectivity index (χ0n) is 30.1. The van der Waals surface area contributed by atoms with E-state index < -0.39 is 31.2 Å². The maximum atomic E-state index is 13.9. The zero-order chi connectivity index (χ0) is 37.7. The van der Waals surface area contributed by atoms with Gasteiger partial charge in [-0.25, -0.2) is 22.0 Å². The summed E-state index contributed by atoms with van der Waals surface area (Å²) in [7, 11) is -1.17. The van der Waals surface area contributed by atoms with Crippen LogP contribution in [-0.4, -0.2) is 94.6 Å². The van der Waals surface area contributed by atoms with E-state index >= 15 is 0 Å². The summed E-state index contributed by atoms with van der Waals surface area (Å²) in [5.41, 5.74) is 1.72. The summed E-state index contributed by atoms with van der Waals surface area (Å²) >= 11 is 0. The van der Waals surface area contributed by atoms with Crippen LogP contribution in [-0.2, 0) is 77.4 Å². The summed E-state index contributed by atoms with van der Waals surface area (Å²) in [6.07, 6.45) is 0. The van der Waals surface area contributed by atoms with Gasteiger partial charge in [-0.1, -0.05) is 24.3 Å². The fraction of sp³-hybridized carbons (Fsp3) is 0.471. The molecule has 2 N–H and O–H groups in total. The van der Waals surface area contributed by atoms with Gasteiger partial charge in [0.05, 0.1) is 52.0 Å². The number of hydrogen-bond donors (Lipinski definition) is 1. The zero-order valence-corrected chi connectivity index (χ0v) is 31.8. The van der Waals surface area contributed by atoms with Crippen molar-refractivity contribution in [2.45, 2.75) is 48.2 Å². The van der Waals surface area contributed by atoms with Gasteiger partial charge in [0.25, 0.3) is 20.0 Å². The number of nitrogens with zero attached hydrogens (tertiary/aromatic N) is 5. The third-order valence-corrected chi connectivity index (χ3v) is 11.2. The largest absolute Gasteiger partial charge is 0.497 e. The van der Waals surface area contributed by atoms with Gasteiger partial charge in [-0.3, -0.25) is 9.36 Å². The molecule has 0 radical (unpaired) electrons. The lowest BCUT2D eigenvalue weighted by molar-refractivity contribution is -0.218. The predicted molar refractivity (Wildman–Crippen MR) is 188 cm³/mol. The highest BCUT2D eigenvalue weighted by atomic mass is 32.2. The van der Waals surface area contributed by atoms with Gasteiger partial charge in [0, 0.05) is 52.5 Å². The number of primary sulfonamides is 1. The van der Waals surface area contributed by atoms with Crippen molar-refractivity contribution >= 4 is 20.0 Å². The van der Waals surface area contributed by atoms with E-state index in [1.165, 1.54) is 15.1 Å². The molecule has 4 heterocycles. The molecule has 6 rings (SSSR count). The van der Waals surface area contributed by atoms with E-state index in [1.54, 1.807) is 39.1 Å². The number of aryl methyl sites for hydroxylation is 2. The summed E-state index contributed by atoms with van der Waals surface area (Å²) in [6.45, 7) is 6.62. The molecule has 0 spiro atoms. The van der Waals surface area contributed by atoms with Gasteiger partial charge in [-0.05, 0) is 49.2 Å². The smallest absolute Gasteiger partial charge is 0.263 e. The van der Waals surface area contributed by atoms with E-state index in [-0.39, 0.29) is 23.1 Å². The lowest BCUT2D eigenvalue weighted by Gasteiger charge is -2.40. The first-order chi connectivity index (χ1) is 24.7. The monoisotopic (exact) mass is 762 g/mol. The normalized spacial score (nSPS) is 16.4. The third kappa shape index (κ3) is 8.34. The predicted octanol–water partition coefficient (Wildman–Crippen LogP) is 2.42. The molecule has 2 saturated heterocycles. The second kappa shape index (κ2) is 16.0. The molecule has 284 valence electrons. The van der Waals surface area contributed by atoms with Crippen LogP contribution in [0.1, 0.15) is 36.4 Å². The fourth-order valence-corrected chi connectivity index (χ4v) is 7.87. The number of nitrogens with two attached hydrogens (primary N) is 1. The lowest BCUT2D eigenvalue weighted by atomic mass is 9.97. The molecule has 2 aliphatic rings. The van der Waals surface area contributed by atoms with Crippen molar-refractivity contribution in [1.29, 1.82) is 0 Å². The summed E-state index contributed by atoms with van der Waals surface area (Å²) in [4.78, 5) is 0. The average Bonchev–Trinajstić information content (AvgIpc) is 3.68. The molecular formula is C34H46N6O10S2. The molecule has 4 aromatic rings. The van der Waals surface area contributed by atoms with Gasteiger partial charge in [-0.15, -0.1) is 0 Å². The molecule has 0 unspecified atom stereocenters. The fourth-order valence-electron chi connectivity index (χ4n) is 5.96. The average molecular weight is 763 g/mol. The Balaban J connectivity index is 0.000000257. The maximum absolute atomic E-state index is 13.9. The van der Waals surface area contributed by atoms with Crippen molar-refractivity contribution in [3.63, 3.8) is 0 Å². The Morgan fingerprint density at radius 1 is 0.712 bits per heavy atom. The van der Waals surface area contributed by atoms with Gasteiger partial charge in [0.15, 0.2) is 21.3 Å². The highest BCUT2D eigenvalue weighted by Crippen LogP contribution is 2.36. The van der Waals surface area contributed by atoms with Gasteiger partial charge in [0.2, 0.25) is 0 Å². The van der Waals surface area contributed by atoms with Gasteiger partial charge < -0.3 is 28.4 Å². The second-order valence-electron chi connectivity index (χ2n) is 12.3. The first-order valence-corrected chi connectivity index (χ1v) is 19.5. The summed E-state index contributed by atoms with van der Waals surface area (Å²) < 4.78 is 87.2. The van der Waals surface area contributed by atoms with Crippen LogP contribution in [0, 0.1) is 0 Å². The van der Waals surface area contributed by atoms with Crippen LogP contribution in [0.2, 0.25) is 0 Å². The number of aromatic nitrogens is 4. The molecule has 52 heavy (non-hydrogen) atoms. The number of hydrogen-bond acceptors (Lipinski definition) is 12. The van der Waals surface area contributed by atoms with Crippen molar-refractivity contribution in [3.8, 4) is 11.5 Å². The van der Waals surface area contributed by atoms with E-state index in [2.05, 4.69) is 10.2 Å². The van der Waals surface area contributed by atoms with E-state index in [4.69, 9.17) is 33.6 Å². The minimum Gasteiger partial charge on any atom is -0.497 e. The van der Waals surface area contributed by atoms with Crippen LogP contribution in [0.15, 0.2) is 70.7 Å². The quantitative estimate of drug-likeness (QED) is 0.187. The molecule has 0 aliphatic carbocycles. The maximum Gasteiger partial charge on any atom is 0.263 e. The Hall–Kier alpha value is -3.88. The summed E-state index contributed by atoms with van der Waals surface area (Å²) in [6, 6.07) is 17.7. The minimum absolute atomic E-state index is 0.0250. The minimum atomic E-state index is -3.95. The molecule has 2 aromatic carbocycles. The van der Waals surface area contributed by atoms with Crippen molar-refractivity contribution in [3.05, 3.63) is 83.2 Å². The van der Waals surface area contributed by atoms with E-state index in [0.29, 0.717) is 62.5 Å². The van der Waals surface area contributed by atoms with Crippen LogP contribution < -0.4 is 14.6 Å². The van der Waals surface area contributed by atoms with Crippen molar-refractivity contribution in [1.82, 2.24) is 23.9 Å². The molecule has 0 atom stereocenters. The Morgan fingerprint density at radius 2 is 1.10 bits per heavy atom. The van der Waals surface area contributed by atoms with Crippen molar-refractivity contribution in [2.24, 2.45) is 19.2 Å². The van der Waals surface area contributed by atoms with Crippen molar-refractivity contribution in [2.75, 3.05) is 53.9 Å². The van der Waals surface area contributed by atoms with Crippen LogP contribution in [0.4, 0.5) is 0 Å². The SMILES string of the molecule is CCOC1(c2cc(S(=O)(=O)N(Cc3ccc(OC)cc3)Cc3ccc(OC)cc3)nn2C)COC1.CCOC1(c2cc(S(N)(=O)=O)nn2C)COC1. The van der Waals surface area contributed by atoms with E-state index in [9.17, 15) is 16.8 Å². The Bertz CT molecular complexity index is 1970. The molecule has 0 bridgehead atoms. The number of benzene rings is 2. The first kappa shape index (κ1) is 39.3. The highest BCUT2D eigenvalue weighted by Gasteiger charge is 2.46. The first-order valence-electron chi connectivity index (χ1n) is 16.5. The lowest BCUT2D eigenvalue weighted by Crippen LogP contribution is -2.50. The van der Waals surface area contributed by atoms with E-state index in [1.807, 2.05) is 62.4 Å². The van der Waals surface area contributed by atoms with Crippen LogP contribution >= 0.6 is 0 Å². The van der Waals surface area contributed by atoms with E-state index in [0.717, 1.165) is 11.1 Å².